The Hall–Kier alpha value is -0.970. The molecule has 94 valence electrons. The molecule has 0 amide bonds. The highest BCUT2D eigenvalue weighted by molar-refractivity contribution is 5.19. The highest BCUT2D eigenvalue weighted by atomic mass is 19.1. The molecule has 0 aromatic heterocycles. The van der Waals surface area contributed by atoms with E-state index in [-0.39, 0.29) is 11.9 Å². The minimum Gasteiger partial charge on any atom is -0.380 e. The molecule has 1 aromatic carbocycles. The highest BCUT2D eigenvalue weighted by Gasteiger charge is 2.14. The molecule has 0 spiro atoms. The fraction of sp³-hybridized carbons (Fsp3) is 0.538. The molecule has 1 saturated heterocycles. The fourth-order valence-electron chi connectivity index (χ4n) is 2.07. The van der Waals surface area contributed by atoms with E-state index in [1.165, 1.54) is 12.1 Å². The van der Waals surface area contributed by atoms with Crippen molar-refractivity contribution < 1.29 is 9.13 Å². The molecule has 1 fully saturated rings. The van der Waals surface area contributed by atoms with Gasteiger partial charge in [0.05, 0.1) is 6.61 Å². The molecule has 1 aliphatic heterocycles. The molecule has 1 heterocycles. The maximum Gasteiger partial charge on any atom is 0.123 e. The van der Waals surface area contributed by atoms with Crippen LogP contribution in [0.1, 0.15) is 18.0 Å². The van der Waals surface area contributed by atoms with E-state index in [1.54, 1.807) is 12.1 Å². The molecule has 17 heavy (non-hydrogen) atoms. The first-order valence-electron chi connectivity index (χ1n) is 6.07. The standard InChI is InChI=1S/C13H19FN2O/c14-12-4-2-11(3-5-12)13(15)10-16-6-1-8-17-9-7-16/h2-5,13H,1,6-10,15H2. The summed E-state index contributed by atoms with van der Waals surface area (Å²) in [4.78, 5) is 2.31. The largest absolute Gasteiger partial charge is 0.380 e. The highest BCUT2D eigenvalue weighted by Crippen LogP contribution is 2.13. The molecule has 0 saturated carbocycles. The first-order chi connectivity index (χ1) is 8.25. The van der Waals surface area contributed by atoms with E-state index in [4.69, 9.17) is 10.5 Å². The van der Waals surface area contributed by atoms with E-state index in [9.17, 15) is 4.39 Å². The third-order valence-corrected chi connectivity index (χ3v) is 3.07. The smallest absolute Gasteiger partial charge is 0.123 e. The van der Waals surface area contributed by atoms with Crippen LogP contribution in [0, 0.1) is 5.82 Å². The van der Waals surface area contributed by atoms with Crippen LogP contribution < -0.4 is 5.73 Å². The second kappa shape index (κ2) is 6.10. The van der Waals surface area contributed by atoms with Gasteiger partial charge in [0.2, 0.25) is 0 Å². The van der Waals surface area contributed by atoms with Crippen LogP contribution in [-0.4, -0.2) is 37.7 Å². The molecule has 0 aliphatic carbocycles. The first-order valence-corrected chi connectivity index (χ1v) is 6.07. The average Bonchev–Trinajstić information content (AvgIpc) is 2.58. The normalized spacial score (nSPS) is 19.9. The Morgan fingerprint density at radius 3 is 2.76 bits per heavy atom. The summed E-state index contributed by atoms with van der Waals surface area (Å²) in [5, 5.41) is 0. The lowest BCUT2D eigenvalue weighted by Crippen LogP contribution is -2.34. The summed E-state index contributed by atoms with van der Waals surface area (Å²) in [5.74, 6) is -0.218. The van der Waals surface area contributed by atoms with Gasteiger partial charge in [-0.05, 0) is 24.1 Å². The predicted molar refractivity (Wildman–Crippen MR) is 65.2 cm³/mol. The van der Waals surface area contributed by atoms with E-state index in [1.807, 2.05) is 0 Å². The molecule has 2 N–H and O–H groups in total. The summed E-state index contributed by atoms with van der Waals surface area (Å²) in [6, 6.07) is 6.37. The minimum atomic E-state index is -0.218. The van der Waals surface area contributed by atoms with Crippen molar-refractivity contribution in [1.82, 2.24) is 4.90 Å². The maximum absolute atomic E-state index is 12.8. The summed E-state index contributed by atoms with van der Waals surface area (Å²) in [5.41, 5.74) is 7.10. The molecule has 2 rings (SSSR count). The van der Waals surface area contributed by atoms with Crippen molar-refractivity contribution in [2.45, 2.75) is 12.5 Å². The number of nitrogens with two attached hydrogens (primary N) is 1. The molecular weight excluding hydrogens is 219 g/mol. The van der Waals surface area contributed by atoms with Gasteiger partial charge >= 0.3 is 0 Å². The Labute approximate surface area is 101 Å². The molecule has 0 bridgehead atoms. The zero-order valence-corrected chi connectivity index (χ0v) is 9.94. The Morgan fingerprint density at radius 1 is 1.24 bits per heavy atom. The molecule has 0 radical (unpaired) electrons. The van der Waals surface area contributed by atoms with Crippen LogP contribution in [0.15, 0.2) is 24.3 Å². The summed E-state index contributed by atoms with van der Waals surface area (Å²) < 4.78 is 18.2. The average molecular weight is 238 g/mol. The van der Waals surface area contributed by atoms with Gasteiger partial charge in [-0.1, -0.05) is 12.1 Å². The van der Waals surface area contributed by atoms with Crippen LogP contribution >= 0.6 is 0 Å². The van der Waals surface area contributed by atoms with E-state index in [0.29, 0.717) is 0 Å². The molecule has 4 heteroatoms. The third kappa shape index (κ3) is 3.77. The van der Waals surface area contributed by atoms with Gasteiger partial charge in [-0.25, -0.2) is 4.39 Å². The summed E-state index contributed by atoms with van der Waals surface area (Å²) >= 11 is 0. The molecular formula is C13H19FN2O. The van der Waals surface area contributed by atoms with Crippen molar-refractivity contribution in [3.05, 3.63) is 35.6 Å². The number of nitrogens with zero attached hydrogens (tertiary/aromatic N) is 1. The Morgan fingerprint density at radius 2 is 2.00 bits per heavy atom. The van der Waals surface area contributed by atoms with Gasteiger partial charge in [-0.15, -0.1) is 0 Å². The summed E-state index contributed by atoms with van der Waals surface area (Å²) in [6.45, 7) is 4.36. The Bertz CT molecular complexity index is 334. The van der Waals surface area contributed by atoms with Crippen molar-refractivity contribution in [2.24, 2.45) is 5.73 Å². The fourth-order valence-corrected chi connectivity index (χ4v) is 2.07. The van der Waals surface area contributed by atoms with Crippen molar-refractivity contribution in [2.75, 3.05) is 32.8 Å². The van der Waals surface area contributed by atoms with Gasteiger partial charge in [-0.2, -0.15) is 0 Å². The second-order valence-electron chi connectivity index (χ2n) is 4.42. The topological polar surface area (TPSA) is 38.5 Å². The van der Waals surface area contributed by atoms with Gasteiger partial charge in [0.25, 0.3) is 0 Å². The molecule has 3 nitrogen and oxygen atoms in total. The molecule has 1 atom stereocenters. The number of hydrogen-bond donors (Lipinski definition) is 1. The quantitative estimate of drug-likeness (QED) is 0.868. The van der Waals surface area contributed by atoms with Gasteiger partial charge in [0, 0.05) is 32.3 Å². The van der Waals surface area contributed by atoms with E-state index < -0.39 is 0 Å². The lowest BCUT2D eigenvalue weighted by Gasteiger charge is -2.23. The third-order valence-electron chi connectivity index (χ3n) is 3.07. The molecule has 1 unspecified atom stereocenters. The second-order valence-corrected chi connectivity index (χ2v) is 4.42. The van der Waals surface area contributed by atoms with Crippen molar-refractivity contribution in [1.29, 1.82) is 0 Å². The number of benzene rings is 1. The minimum absolute atomic E-state index is 0.0614. The molecule has 1 aliphatic rings. The first kappa shape index (κ1) is 12.5. The Kier molecular flexibility index (Phi) is 4.48. The molecule has 1 aromatic rings. The zero-order valence-electron chi connectivity index (χ0n) is 9.94. The van der Waals surface area contributed by atoms with Gasteiger partial charge in [0.15, 0.2) is 0 Å². The van der Waals surface area contributed by atoms with Gasteiger partial charge in [0.1, 0.15) is 5.82 Å². The van der Waals surface area contributed by atoms with Crippen molar-refractivity contribution >= 4 is 0 Å². The zero-order chi connectivity index (χ0) is 12.1. The lowest BCUT2D eigenvalue weighted by atomic mass is 10.1. The van der Waals surface area contributed by atoms with Crippen molar-refractivity contribution in [3.63, 3.8) is 0 Å². The number of halogens is 1. The van der Waals surface area contributed by atoms with E-state index >= 15 is 0 Å². The van der Waals surface area contributed by atoms with Crippen LogP contribution in [0.4, 0.5) is 4.39 Å². The van der Waals surface area contributed by atoms with Crippen molar-refractivity contribution in [3.8, 4) is 0 Å². The summed E-state index contributed by atoms with van der Waals surface area (Å²) in [6.07, 6.45) is 1.05. The van der Waals surface area contributed by atoms with Crippen LogP contribution in [0.3, 0.4) is 0 Å². The monoisotopic (exact) mass is 238 g/mol. The lowest BCUT2D eigenvalue weighted by molar-refractivity contribution is 0.140. The number of rotatable bonds is 3. The number of ether oxygens (including phenoxy) is 1. The van der Waals surface area contributed by atoms with Gasteiger partial charge < -0.3 is 10.5 Å². The van der Waals surface area contributed by atoms with E-state index in [0.717, 1.165) is 44.8 Å². The van der Waals surface area contributed by atoms with Crippen LogP contribution in [0.25, 0.3) is 0 Å². The van der Waals surface area contributed by atoms with Crippen LogP contribution in [0.5, 0.6) is 0 Å². The van der Waals surface area contributed by atoms with Gasteiger partial charge in [-0.3, -0.25) is 4.90 Å². The maximum atomic E-state index is 12.8. The van der Waals surface area contributed by atoms with Crippen LogP contribution in [-0.2, 0) is 4.74 Å². The SMILES string of the molecule is NC(CN1CCCOCC1)c1ccc(F)cc1. The van der Waals surface area contributed by atoms with E-state index in [2.05, 4.69) is 4.90 Å². The summed E-state index contributed by atoms with van der Waals surface area (Å²) in [7, 11) is 0. The predicted octanol–water partition coefficient (Wildman–Crippen LogP) is 1.55. The van der Waals surface area contributed by atoms with Crippen LogP contribution in [0.2, 0.25) is 0 Å². The number of hydrogen-bond acceptors (Lipinski definition) is 3. The Balaban J connectivity index is 1.91.